The van der Waals surface area contributed by atoms with Crippen molar-refractivity contribution < 1.29 is 4.42 Å². The van der Waals surface area contributed by atoms with Gasteiger partial charge in [-0.1, -0.05) is 0 Å². The molecule has 2 aromatic heterocycles. The molecule has 2 aromatic rings. The van der Waals surface area contributed by atoms with Gasteiger partial charge in [-0.25, -0.2) is 4.79 Å². The molecular weight excluding hydrogens is 168 g/mol. The fraction of sp³-hybridized carbons (Fsp3) is 0.333. The number of hydrogen-bond donors (Lipinski definition) is 0. The first-order chi connectivity index (χ1) is 6.20. The fourth-order valence-electron chi connectivity index (χ4n) is 1.37. The Balaban J connectivity index is 2.87. The van der Waals surface area contributed by atoms with E-state index in [0.29, 0.717) is 5.58 Å². The van der Waals surface area contributed by atoms with Gasteiger partial charge >= 0.3 is 5.76 Å². The van der Waals surface area contributed by atoms with Gasteiger partial charge in [-0.2, -0.15) is 0 Å². The Morgan fingerprint density at radius 3 is 3.00 bits per heavy atom. The van der Waals surface area contributed by atoms with Crippen LogP contribution in [0.4, 0.5) is 0 Å². The lowest BCUT2D eigenvalue weighted by molar-refractivity contribution is 0.478. The normalized spacial score (nSPS) is 11.3. The molecule has 0 N–H and O–H groups in total. The Bertz CT molecular complexity index is 482. The van der Waals surface area contributed by atoms with Crippen molar-refractivity contribution in [1.29, 1.82) is 0 Å². The Morgan fingerprint density at radius 2 is 2.31 bits per heavy atom. The molecule has 0 atom stereocenters. The molecule has 0 aliphatic carbocycles. The van der Waals surface area contributed by atoms with Crippen molar-refractivity contribution >= 4 is 11.1 Å². The maximum absolute atomic E-state index is 11.3. The van der Waals surface area contributed by atoms with Crippen LogP contribution < -0.4 is 5.76 Å². The Morgan fingerprint density at radius 1 is 1.54 bits per heavy atom. The first-order valence-corrected chi connectivity index (χ1v) is 4.15. The lowest BCUT2D eigenvalue weighted by Crippen LogP contribution is -2.15. The van der Waals surface area contributed by atoms with Crippen molar-refractivity contribution in [3.63, 3.8) is 0 Å². The summed E-state index contributed by atoms with van der Waals surface area (Å²) in [6.07, 6.45) is 3.25. The molecule has 0 saturated heterocycles. The molecule has 2 rings (SSSR count). The molecule has 0 radical (unpaired) electrons. The van der Waals surface area contributed by atoms with E-state index in [1.807, 2.05) is 13.8 Å². The van der Waals surface area contributed by atoms with Crippen molar-refractivity contribution in [2.45, 2.75) is 19.9 Å². The van der Waals surface area contributed by atoms with Crippen LogP contribution in [0.3, 0.4) is 0 Å². The lowest BCUT2D eigenvalue weighted by Gasteiger charge is -2.03. The number of oxazole rings is 1. The van der Waals surface area contributed by atoms with Crippen molar-refractivity contribution in [1.82, 2.24) is 9.55 Å². The van der Waals surface area contributed by atoms with Crippen LogP contribution in [-0.4, -0.2) is 9.55 Å². The molecule has 0 aliphatic heterocycles. The second-order valence-electron chi connectivity index (χ2n) is 3.18. The van der Waals surface area contributed by atoms with Crippen molar-refractivity contribution in [2.75, 3.05) is 0 Å². The minimum Gasteiger partial charge on any atom is -0.408 e. The highest BCUT2D eigenvalue weighted by Crippen LogP contribution is 2.14. The summed E-state index contributed by atoms with van der Waals surface area (Å²) in [4.78, 5) is 15.3. The molecule has 0 spiro atoms. The minimum atomic E-state index is -0.321. The van der Waals surface area contributed by atoms with Crippen LogP contribution >= 0.6 is 0 Å². The molecule has 0 saturated carbocycles. The molecule has 4 nitrogen and oxygen atoms in total. The number of fused-ring (bicyclic) bond motifs is 1. The quantitative estimate of drug-likeness (QED) is 0.665. The van der Waals surface area contributed by atoms with Gasteiger partial charge in [-0.3, -0.25) is 9.55 Å². The summed E-state index contributed by atoms with van der Waals surface area (Å²) >= 11 is 0. The monoisotopic (exact) mass is 178 g/mol. The van der Waals surface area contributed by atoms with Crippen LogP contribution in [0.2, 0.25) is 0 Å². The third-order valence-corrected chi connectivity index (χ3v) is 1.93. The second-order valence-corrected chi connectivity index (χ2v) is 3.18. The minimum absolute atomic E-state index is 0.0953. The van der Waals surface area contributed by atoms with Crippen LogP contribution in [0, 0.1) is 0 Å². The van der Waals surface area contributed by atoms with Gasteiger partial charge in [-0.05, 0) is 13.8 Å². The second kappa shape index (κ2) is 2.73. The third kappa shape index (κ3) is 1.14. The molecule has 2 heterocycles. The van der Waals surface area contributed by atoms with Crippen LogP contribution in [-0.2, 0) is 0 Å². The van der Waals surface area contributed by atoms with Crippen LogP contribution in [0.1, 0.15) is 19.9 Å². The van der Waals surface area contributed by atoms with Crippen LogP contribution in [0.15, 0.2) is 27.7 Å². The Labute approximate surface area is 74.8 Å². The largest absolute Gasteiger partial charge is 0.420 e. The maximum atomic E-state index is 11.3. The summed E-state index contributed by atoms with van der Waals surface area (Å²) in [6, 6.07) is 1.79. The predicted molar refractivity (Wildman–Crippen MR) is 48.7 cm³/mol. The predicted octanol–water partition coefficient (Wildman–Crippen LogP) is 1.57. The average molecular weight is 178 g/mol. The van der Waals surface area contributed by atoms with Gasteiger partial charge in [0.05, 0.1) is 6.20 Å². The molecular formula is C9H10N2O2. The van der Waals surface area contributed by atoms with Crippen molar-refractivity contribution in [3.8, 4) is 0 Å². The summed E-state index contributed by atoms with van der Waals surface area (Å²) in [6.45, 7) is 3.87. The van der Waals surface area contributed by atoms with E-state index >= 15 is 0 Å². The molecule has 0 aliphatic rings. The van der Waals surface area contributed by atoms with E-state index in [4.69, 9.17) is 4.42 Å². The number of pyridine rings is 1. The van der Waals surface area contributed by atoms with Crippen LogP contribution in [0.5, 0.6) is 0 Å². The smallest absolute Gasteiger partial charge is 0.408 e. The van der Waals surface area contributed by atoms with E-state index in [1.165, 1.54) is 0 Å². The first-order valence-electron chi connectivity index (χ1n) is 4.15. The van der Waals surface area contributed by atoms with Crippen molar-refractivity contribution in [2.24, 2.45) is 0 Å². The van der Waals surface area contributed by atoms with E-state index in [2.05, 4.69) is 4.98 Å². The van der Waals surface area contributed by atoms with E-state index in [-0.39, 0.29) is 11.8 Å². The highest BCUT2D eigenvalue weighted by atomic mass is 16.4. The summed E-state index contributed by atoms with van der Waals surface area (Å²) in [5.41, 5.74) is 1.34. The van der Waals surface area contributed by atoms with Gasteiger partial charge in [0.25, 0.3) is 0 Å². The zero-order valence-corrected chi connectivity index (χ0v) is 7.52. The van der Waals surface area contributed by atoms with Gasteiger partial charge in [0.2, 0.25) is 0 Å². The van der Waals surface area contributed by atoms with Gasteiger partial charge < -0.3 is 4.42 Å². The van der Waals surface area contributed by atoms with Gasteiger partial charge in [-0.15, -0.1) is 0 Å². The molecule has 0 unspecified atom stereocenters. The van der Waals surface area contributed by atoms with E-state index in [0.717, 1.165) is 5.52 Å². The fourth-order valence-corrected chi connectivity index (χ4v) is 1.37. The van der Waals surface area contributed by atoms with Crippen molar-refractivity contribution in [3.05, 3.63) is 29.0 Å². The standard InChI is InChI=1S/C9H10N2O2/c1-6(2)11-7-5-10-4-3-8(7)13-9(11)12/h3-6H,1-2H3. The number of hydrogen-bond acceptors (Lipinski definition) is 3. The van der Waals surface area contributed by atoms with Gasteiger partial charge in [0.1, 0.15) is 5.52 Å². The molecule has 68 valence electrons. The summed E-state index contributed by atoms with van der Waals surface area (Å²) in [5.74, 6) is -0.321. The zero-order chi connectivity index (χ0) is 9.42. The Kier molecular flexibility index (Phi) is 1.69. The van der Waals surface area contributed by atoms with E-state index < -0.39 is 0 Å². The maximum Gasteiger partial charge on any atom is 0.420 e. The highest BCUT2D eigenvalue weighted by molar-refractivity contribution is 5.71. The summed E-state index contributed by atoms with van der Waals surface area (Å²) in [5, 5.41) is 0. The molecule has 0 fully saturated rings. The number of aromatic nitrogens is 2. The average Bonchev–Trinajstić information content (AvgIpc) is 2.39. The SMILES string of the molecule is CC(C)n1c(=O)oc2ccncc21. The lowest BCUT2D eigenvalue weighted by atomic mass is 10.3. The van der Waals surface area contributed by atoms with E-state index in [1.54, 1.807) is 23.0 Å². The Hall–Kier alpha value is -1.58. The molecule has 13 heavy (non-hydrogen) atoms. The zero-order valence-electron chi connectivity index (χ0n) is 7.52. The molecule has 0 aromatic carbocycles. The van der Waals surface area contributed by atoms with Crippen LogP contribution in [0.25, 0.3) is 11.1 Å². The molecule has 0 amide bonds. The first kappa shape index (κ1) is 8.04. The third-order valence-electron chi connectivity index (χ3n) is 1.93. The highest BCUT2D eigenvalue weighted by Gasteiger charge is 2.10. The number of rotatable bonds is 1. The molecule has 4 heteroatoms. The van der Waals surface area contributed by atoms with Gasteiger partial charge in [0, 0.05) is 18.3 Å². The summed E-state index contributed by atoms with van der Waals surface area (Å²) in [7, 11) is 0. The van der Waals surface area contributed by atoms with E-state index in [9.17, 15) is 4.79 Å². The molecule has 0 bridgehead atoms. The topological polar surface area (TPSA) is 48.0 Å². The van der Waals surface area contributed by atoms with Gasteiger partial charge in [0.15, 0.2) is 5.58 Å². The number of nitrogens with zero attached hydrogens (tertiary/aromatic N) is 2. The summed E-state index contributed by atoms with van der Waals surface area (Å²) < 4.78 is 6.61.